The Kier molecular flexibility index (Phi) is 4.77. The van der Waals surface area contributed by atoms with Crippen molar-refractivity contribution in [3.63, 3.8) is 0 Å². The summed E-state index contributed by atoms with van der Waals surface area (Å²) in [6.07, 6.45) is 0.964. The van der Waals surface area contributed by atoms with Crippen LogP contribution in [0.4, 0.5) is 4.39 Å². The van der Waals surface area contributed by atoms with Gasteiger partial charge in [-0.3, -0.25) is 0 Å². The normalized spacial score (nSPS) is 11.4. The Bertz CT molecular complexity index is 639. The molecule has 0 bridgehead atoms. The maximum absolute atomic E-state index is 13.3. The van der Waals surface area contributed by atoms with Crippen LogP contribution in [0.15, 0.2) is 47.6 Å². The molecule has 0 amide bonds. The van der Waals surface area contributed by atoms with E-state index >= 15 is 0 Å². The standard InChI is InChI=1S/C16H17FN2O2/c1-2-11-3-7-14(8-4-11)21-10-12-5-6-13(17)9-15(12)16(18)19-20/h3-9,20H,2,10H2,1H3,(H2,18,19). The number of amidine groups is 1. The summed E-state index contributed by atoms with van der Waals surface area (Å²) in [7, 11) is 0. The minimum atomic E-state index is -0.451. The van der Waals surface area contributed by atoms with E-state index < -0.39 is 5.82 Å². The van der Waals surface area contributed by atoms with E-state index in [1.165, 1.54) is 17.7 Å². The first-order valence-electron chi connectivity index (χ1n) is 6.62. The summed E-state index contributed by atoms with van der Waals surface area (Å²) in [6, 6.07) is 11.8. The van der Waals surface area contributed by atoms with Gasteiger partial charge in [0.25, 0.3) is 0 Å². The number of benzene rings is 2. The molecule has 2 rings (SSSR count). The molecule has 0 saturated carbocycles. The summed E-state index contributed by atoms with van der Waals surface area (Å²) >= 11 is 0. The van der Waals surface area contributed by atoms with E-state index in [0.717, 1.165) is 6.42 Å². The zero-order chi connectivity index (χ0) is 15.2. The van der Waals surface area contributed by atoms with E-state index in [0.29, 0.717) is 16.9 Å². The second kappa shape index (κ2) is 6.74. The van der Waals surface area contributed by atoms with Gasteiger partial charge in [-0.2, -0.15) is 0 Å². The molecule has 21 heavy (non-hydrogen) atoms. The second-order valence-corrected chi connectivity index (χ2v) is 4.57. The summed E-state index contributed by atoms with van der Waals surface area (Å²) in [5.41, 5.74) is 7.74. The third kappa shape index (κ3) is 3.72. The van der Waals surface area contributed by atoms with Crippen LogP contribution in [0.1, 0.15) is 23.6 Å². The summed E-state index contributed by atoms with van der Waals surface area (Å²) in [5, 5.41) is 11.7. The van der Waals surface area contributed by atoms with Gasteiger partial charge in [0.05, 0.1) is 0 Å². The van der Waals surface area contributed by atoms with Crippen LogP contribution < -0.4 is 10.5 Å². The van der Waals surface area contributed by atoms with Crippen LogP contribution in [-0.2, 0) is 13.0 Å². The SMILES string of the molecule is CCc1ccc(OCc2ccc(F)cc2C(N)=NO)cc1. The van der Waals surface area contributed by atoms with Crippen molar-refractivity contribution in [3.8, 4) is 5.75 Å². The zero-order valence-electron chi connectivity index (χ0n) is 11.7. The van der Waals surface area contributed by atoms with Crippen LogP contribution in [0.25, 0.3) is 0 Å². The van der Waals surface area contributed by atoms with E-state index in [1.807, 2.05) is 24.3 Å². The molecular weight excluding hydrogens is 271 g/mol. The molecule has 0 heterocycles. The van der Waals surface area contributed by atoms with Crippen molar-refractivity contribution in [2.75, 3.05) is 0 Å². The number of nitrogens with two attached hydrogens (primary N) is 1. The van der Waals surface area contributed by atoms with Crippen LogP contribution in [0, 0.1) is 5.82 Å². The van der Waals surface area contributed by atoms with Crippen LogP contribution in [0.5, 0.6) is 5.75 Å². The maximum Gasteiger partial charge on any atom is 0.170 e. The van der Waals surface area contributed by atoms with Crippen molar-refractivity contribution in [3.05, 3.63) is 65.0 Å². The molecule has 0 aliphatic rings. The van der Waals surface area contributed by atoms with E-state index in [4.69, 9.17) is 15.7 Å². The molecule has 3 N–H and O–H groups in total. The maximum atomic E-state index is 13.3. The number of hydrogen-bond donors (Lipinski definition) is 2. The smallest absolute Gasteiger partial charge is 0.170 e. The van der Waals surface area contributed by atoms with Crippen molar-refractivity contribution in [2.45, 2.75) is 20.0 Å². The van der Waals surface area contributed by atoms with E-state index in [9.17, 15) is 4.39 Å². The molecule has 0 aliphatic heterocycles. The summed E-state index contributed by atoms with van der Waals surface area (Å²) in [5.74, 6) is 0.115. The molecule has 2 aromatic carbocycles. The van der Waals surface area contributed by atoms with Gasteiger partial charge in [-0.25, -0.2) is 4.39 Å². The topological polar surface area (TPSA) is 67.8 Å². The van der Waals surface area contributed by atoms with Gasteiger partial charge in [-0.05, 0) is 36.2 Å². The molecule has 5 heteroatoms. The number of aryl methyl sites for hydroxylation is 1. The van der Waals surface area contributed by atoms with E-state index in [2.05, 4.69) is 12.1 Å². The predicted octanol–water partition coefficient (Wildman–Crippen LogP) is 3.06. The fourth-order valence-corrected chi connectivity index (χ4v) is 1.95. The highest BCUT2D eigenvalue weighted by Crippen LogP contribution is 2.17. The van der Waals surface area contributed by atoms with Crippen LogP contribution >= 0.6 is 0 Å². The molecule has 0 aliphatic carbocycles. The number of rotatable bonds is 5. The Morgan fingerprint density at radius 3 is 2.57 bits per heavy atom. The highest BCUT2D eigenvalue weighted by molar-refractivity contribution is 5.98. The lowest BCUT2D eigenvalue weighted by Gasteiger charge is -2.11. The lowest BCUT2D eigenvalue weighted by atomic mass is 10.1. The fraction of sp³-hybridized carbons (Fsp3) is 0.188. The van der Waals surface area contributed by atoms with Gasteiger partial charge in [0.1, 0.15) is 18.2 Å². The van der Waals surface area contributed by atoms with Crippen molar-refractivity contribution in [2.24, 2.45) is 10.9 Å². The largest absolute Gasteiger partial charge is 0.489 e. The summed E-state index contributed by atoms with van der Waals surface area (Å²) < 4.78 is 18.9. The highest BCUT2D eigenvalue weighted by atomic mass is 19.1. The molecule has 2 aromatic rings. The Labute approximate surface area is 122 Å². The number of oxime groups is 1. The number of nitrogens with zero attached hydrogens (tertiary/aromatic N) is 1. The van der Waals surface area contributed by atoms with Crippen LogP contribution in [-0.4, -0.2) is 11.0 Å². The number of hydrogen-bond acceptors (Lipinski definition) is 3. The molecule has 0 fully saturated rings. The molecule has 4 nitrogen and oxygen atoms in total. The molecule has 0 saturated heterocycles. The zero-order valence-corrected chi connectivity index (χ0v) is 11.7. The van der Waals surface area contributed by atoms with Gasteiger partial charge in [0.2, 0.25) is 0 Å². The van der Waals surface area contributed by atoms with E-state index in [1.54, 1.807) is 6.07 Å². The van der Waals surface area contributed by atoms with Gasteiger partial charge in [0.15, 0.2) is 5.84 Å². The van der Waals surface area contributed by atoms with Crippen LogP contribution in [0.3, 0.4) is 0 Å². The van der Waals surface area contributed by atoms with Gasteiger partial charge in [0, 0.05) is 11.1 Å². The Morgan fingerprint density at radius 1 is 1.24 bits per heavy atom. The Hall–Kier alpha value is -2.56. The second-order valence-electron chi connectivity index (χ2n) is 4.57. The van der Waals surface area contributed by atoms with Crippen molar-refractivity contribution < 1.29 is 14.3 Å². The van der Waals surface area contributed by atoms with Crippen molar-refractivity contribution >= 4 is 5.84 Å². The lowest BCUT2D eigenvalue weighted by Crippen LogP contribution is -2.16. The quantitative estimate of drug-likeness (QED) is 0.384. The first kappa shape index (κ1) is 14.8. The number of halogens is 1. The summed E-state index contributed by atoms with van der Waals surface area (Å²) in [6.45, 7) is 2.29. The predicted molar refractivity (Wildman–Crippen MR) is 79.1 cm³/mol. The molecular formula is C16H17FN2O2. The minimum absolute atomic E-state index is 0.144. The van der Waals surface area contributed by atoms with Gasteiger partial charge >= 0.3 is 0 Å². The molecule has 110 valence electrons. The monoisotopic (exact) mass is 288 g/mol. The van der Waals surface area contributed by atoms with E-state index in [-0.39, 0.29) is 12.4 Å². The van der Waals surface area contributed by atoms with Gasteiger partial charge in [-0.15, -0.1) is 0 Å². The average Bonchev–Trinajstić information content (AvgIpc) is 2.53. The first-order chi connectivity index (χ1) is 10.1. The molecule has 0 radical (unpaired) electrons. The third-order valence-electron chi connectivity index (χ3n) is 3.18. The minimum Gasteiger partial charge on any atom is -0.489 e. The third-order valence-corrected chi connectivity index (χ3v) is 3.18. The number of ether oxygens (including phenoxy) is 1. The fourth-order valence-electron chi connectivity index (χ4n) is 1.95. The van der Waals surface area contributed by atoms with Gasteiger partial charge in [-0.1, -0.05) is 30.3 Å². The summed E-state index contributed by atoms with van der Waals surface area (Å²) in [4.78, 5) is 0. The average molecular weight is 288 g/mol. The van der Waals surface area contributed by atoms with Crippen LogP contribution in [0.2, 0.25) is 0 Å². The van der Waals surface area contributed by atoms with Gasteiger partial charge < -0.3 is 15.7 Å². The molecule has 0 atom stereocenters. The highest BCUT2D eigenvalue weighted by Gasteiger charge is 2.09. The van der Waals surface area contributed by atoms with Crippen molar-refractivity contribution in [1.82, 2.24) is 0 Å². The molecule has 0 unspecified atom stereocenters. The Morgan fingerprint density at radius 2 is 1.95 bits per heavy atom. The van der Waals surface area contributed by atoms with Crippen molar-refractivity contribution in [1.29, 1.82) is 0 Å². The Balaban J connectivity index is 2.15. The lowest BCUT2D eigenvalue weighted by molar-refractivity contribution is 0.305. The first-order valence-corrected chi connectivity index (χ1v) is 6.62. The molecule has 0 spiro atoms. The molecule has 0 aromatic heterocycles.